The number of rotatable bonds is 7. The summed E-state index contributed by atoms with van der Waals surface area (Å²) < 4.78 is 27.3. The van der Waals surface area contributed by atoms with Crippen molar-refractivity contribution in [3.8, 4) is 0 Å². The van der Waals surface area contributed by atoms with Gasteiger partial charge in [0.25, 0.3) is 0 Å². The number of benzene rings is 1. The zero-order valence-corrected chi connectivity index (χ0v) is 15.6. The molecule has 0 saturated carbocycles. The van der Waals surface area contributed by atoms with Gasteiger partial charge in [0.1, 0.15) is 0 Å². The number of hydrogen-bond acceptors (Lipinski definition) is 4. The fraction of sp³-hybridized carbons (Fsp3) is 0.529. The minimum atomic E-state index is -3.57. The minimum Gasteiger partial charge on any atom is -0.481 e. The lowest BCUT2D eigenvalue weighted by Crippen LogP contribution is -2.48. The molecule has 2 rings (SSSR count). The molecule has 2 amide bonds. The van der Waals surface area contributed by atoms with Crippen molar-refractivity contribution >= 4 is 22.0 Å². The van der Waals surface area contributed by atoms with Crippen molar-refractivity contribution in [2.24, 2.45) is 5.92 Å². The number of amides is 2. The number of sulfonamides is 1. The first-order chi connectivity index (χ1) is 12.3. The molecule has 8 nitrogen and oxygen atoms in total. The number of aryl methyl sites for hydroxylation is 1. The number of carbonyl (C=O) groups excluding carboxylic acids is 1. The first-order valence-electron chi connectivity index (χ1n) is 8.59. The third-order valence-electron chi connectivity index (χ3n) is 4.31. The van der Waals surface area contributed by atoms with Gasteiger partial charge in [-0.25, -0.2) is 17.9 Å². The molecule has 1 heterocycles. The highest BCUT2D eigenvalue weighted by atomic mass is 32.2. The number of carbonyl (C=O) groups is 2. The molecule has 1 unspecified atom stereocenters. The fourth-order valence-electron chi connectivity index (χ4n) is 2.83. The molecule has 0 radical (unpaired) electrons. The molecule has 144 valence electrons. The van der Waals surface area contributed by atoms with Crippen LogP contribution in [0.1, 0.15) is 24.8 Å². The van der Waals surface area contributed by atoms with E-state index in [1.807, 2.05) is 6.92 Å². The summed E-state index contributed by atoms with van der Waals surface area (Å²) in [5.74, 6) is -0.943. The molecule has 9 heteroatoms. The van der Waals surface area contributed by atoms with E-state index in [1.165, 1.54) is 0 Å². The predicted octanol–water partition coefficient (Wildman–Crippen LogP) is 1.17. The maximum absolute atomic E-state index is 12.3. The van der Waals surface area contributed by atoms with Gasteiger partial charge in [0.05, 0.1) is 11.3 Å². The number of nitrogens with one attached hydrogen (secondary N) is 2. The van der Waals surface area contributed by atoms with Crippen LogP contribution < -0.4 is 10.0 Å². The molecule has 3 N–H and O–H groups in total. The number of likely N-dealkylation sites (tertiary alicyclic amines) is 1. The molecular weight excluding hydrogens is 358 g/mol. The van der Waals surface area contributed by atoms with Gasteiger partial charge >= 0.3 is 12.0 Å². The van der Waals surface area contributed by atoms with E-state index in [0.717, 1.165) is 18.4 Å². The van der Waals surface area contributed by atoms with Gasteiger partial charge < -0.3 is 15.3 Å². The number of urea groups is 1. The van der Waals surface area contributed by atoms with E-state index >= 15 is 0 Å². The van der Waals surface area contributed by atoms with Crippen molar-refractivity contribution in [3.63, 3.8) is 0 Å². The summed E-state index contributed by atoms with van der Waals surface area (Å²) in [4.78, 5) is 24.4. The largest absolute Gasteiger partial charge is 0.481 e. The van der Waals surface area contributed by atoms with Gasteiger partial charge in [-0.3, -0.25) is 4.79 Å². The van der Waals surface area contributed by atoms with Gasteiger partial charge in [-0.15, -0.1) is 0 Å². The summed E-state index contributed by atoms with van der Waals surface area (Å²) in [6.45, 7) is 3.25. The van der Waals surface area contributed by atoms with Crippen LogP contribution in [0.15, 0.2) is 29.2 Å². The Kier molecular flexibility index (Phi) is 6.98. The van der Waals surface area contributed by atoms with E-state index in [1.54, 1.807) is 29.2 Å². The predicted molar refractivity (Wildman–Crippen MR) is 96.3 cm³/mol. The Morgan fingerprint density at radius 3 is 2.62 bits per heavy atom. The van der Waals surface area contributed by atoms with Gasteiger partial charge in [-0.2, -0.15) is 0 Å². The van der Waals surface area contributed by atoms with Gasteiger partial charge in [0.2, 0.25) is 10.0 Å². The van der Waals surface area contributed by atoms with Crippen LogP contribution in [0, 0.1) is 12.8 Å². The molecule has 1 atom stereocenters. The quantitative estimate of drug-likeness (QED) is 0.654. The van der Waals surface area contributed by atoms with E-state index in [9.17, 15) is 18.0 Å². The molecular formula is C17H25N3O5S. The number of nitrogens with zero attached hydrogens (tertiary/aromatic N) is 1. The van der Waals surface area contributed by atoms with Crippen LogP contribution in [-0.2, 0) is 14.8 Å². The Bertz CT molecular complexity index is 733. The summed E-state index contributed by atoms with van der Waals surface area (Å²) in [5, 5.41) is 11.2. The summed E-state index contributed by atoms with van der Waals surface area (Å²) in [5.41, 5.74) is 0.987. The van der Waals surface area contributed by atoms with Crippen LogP contribution in [0.3, 0.4) is 0 Å². The molecule has 0 bridgehead atoms. The maximum atomic E-state index is 12.3. The molecule has 0 aliphatic carbocycles. The summed E-state index contributed by atoms with van der Waals surface area (Å²) >= 11 is 0. The summed E-state index contributed by atoms with van der Waals surface area (Å²) in [6, 6.07) is 6.33. The number of piperidine rings is 1. The number of aliphatic carboxylic acids is 1. The van der Waals surface area contributed by atoms with Gasteiger partial charge in [-0.05, 0) is 37.8 Å². The highest BCUT2D eigenvalue weighted by Crippen LogP contribution is 2.17. The fourth-order valence-corrected chi connectivity index (χ4v) is 3.95. The summed E-state index contributed by atoms with van der Waals surface area (Å²) in [6.07, 6.45) is 1.48. The number of carboxylic acids is 1. The molecule has 1 aromatic carbocycles. The van der Waals surface area contributed by atoms with Crippen LogP contribution in [0.5, 0.6) is 0 Å². The van der Waals surface area contributed by atoms with Crippen molar-refractivity contribution in [2.45, 2.75) is 31.1 Å². The van der Waals surface area contributed by atoms with Crippen molar-refractivity contribution in [2.75, 3.05) is 26.2 Å². The lowest BCUT2D eigenvalue weighted by atomic mass is 9.99. The van der Waals surface area contributed by atoms with E-state index in [0.29, 0.717) is 13.1 Å². The van der Waals surface area contributed by atoms with E-state index < -0.39 is 16.0 Å². The lowest BCUT2D eigenvalue weighted by molar-refractivity contribution is -0.136. The Morgan fingerprint density at radius 1 is 1.27 bits per heavy atom. The van der Waals surface area contributed by atoms with E-state index in [2.05, 4.69) is 10.0 Å². The molecule has 1 aromatic rings. The third-order valence-corrected chi connectivity index (χ3v) is 5.75. The highest BCUT2D eigenvalue weighted by Gasteiger charge is 2.25. The van der Waals surface area contributed by atoms with Crippen molar-refractivity contribution < 1.29 is 23.1 Å². The second kappa shape index (κ2) is 9.00. The standard InChI is InChI=1S/C17H25N3O5S/c1-13-4-6-15(7-5-13)26(24,25)19-11-14-3-2-10-20(12-14)17(23)18-9-8-16(21)22/h4-7,14,19H,2-3,8-12H2,1H3,(H,18,23)(H,21,22). The molecule has 1 fully saturated rings. The topological polar surface area (TPSA) is 116 Å². The molecule has 1 saturated heterocycles. The number of hydrogen-bond donors (Lipinski definition) is 3. The first-order valence-corrected chi connectivity index (χ1v) is 10.1. The van der Waals surface area contributed by atoms with Gasteiger partial charge in [0.15, 0.2) is 0 Å². The first kappa shape index (κ1) is 20.2. The van der Waals surface area contributed by atoms with E-state index in [4.69, 9.17) is 5.11 Å². The molecule has 1 aliphatic heterocycles. The Balaban J connectivity index is 1.84. The Hall–Kier alpha value is -2.13. The van der Waals surface area contributed by atoms with E-state index in [-0.39, 0.29) is 36.4 Å². The average molecular weight is 383 g/mol. The zero-order valence-electron chi connectivity index (χ0n) is 14.8. The zero-order chi connectivity index (χ0) is 19.2. The van der Waals surface area contributed by atoms with Crippen LogP contribution in [0.25, 0.3) is 0 Å². The van der Waals surface area contributed by atoms with Gasteiger partial charge in [-0.1, -0.05) is 17.7 Å². The van der Waals surface area contributed by atoms with Crippen LogP contribution in [0.2, 0.25) is 0 Å². The normalized spacial score (nSPS) is 17.7. The van der Waals surface area contributed by atoms with Crippen molar-refractivity contribution in [1.82, 2.24) is 14.9 Å². The SMILES string of the molecule is Cc1ccc(S(=O)(=O)NCC2CCCN(C(=O)NCCC(=O)O)C2)cc1. The second-order valence-electron chi connectivity index (χ2n) is 6.49. The van der Waals surface area contributed by atoms with Crippen molar-refractivity contribution in [3.05, 3.63) is 29.8 Å². The monoisotopic (exact) mass is 383 g/mol. The average Bonchev–Trinajstić information content (AvgIpc) is 2.60. The number of carboxylic acid groups (broad SMARTS) is 1. The highest BCUT2D eigenvalue weighted by molar-refractivity contribution is 7.89. The Labute approximate surface area is 153 Å². The van der Waals surface area contributed by atoms with Crippen LogP contribution in [-0.4, -0.2) is 56.6 Å². The smallest absolute Gasteiger partial charge is 0.317 e. The van der Waals surface area contributed by atoms with Crippen LogP contribution in [0.4, 0.5) is 4.79 Å². The van der Waals surface area contributed by atoms with Crippen molar-refractivity contribution in [1.29, 1.82) is 0 Å². The second-order valence-corrected chi connectivity index (χ2v) is 8.26. The molecule has 0 spiro atoms. The van der Waals surface area contributed by atoms with Crippen LogP contribution >= 0.6 is 0 Å². The summed E-state index contributed by atoms with van der Waals surface area (Å²) in [7, 11) is -3.57. The lowest BCUT2D eigenvalue weighted by Gasteiger charge is -2.32. The Morgan fingerprint density at radius 2 is 1.96 bits per heavy atom. The van der Waals surface area contributed by atoms with Gasteiger partial charge in [0, 0.05) is 26.2 Å². The molecule has 26 heavy (non-hydrogen) atoms. The maximum Gasteiger partial charge on any atom is 0.317 e. The minimum absolute atomic E-state index is 0.0224. The molecule has 0 aromatic heterocycles. The third kappa shape index (κ3) is 5.99. The molecule has 1 aliphatic rings.